The summed E-state index contributed by atoms with van der Waals surface area (Å²) in [6.45, 7) is 6.69. The van der Waals surface area contributed by atoms with E-state index in [2.05, 4.69) is 10.3 Å². The van der Waals surface area contributed by atoms with Crippen molar-refractivity contribution in [3.8, 4) is 0 Å². The molecule has 19 heavy (non-hydrogen) atoms. The number of amides is 1. The fraction of sp³-hybridized carbons (Fsp3) is 0.571. The van der Waals surface area contributed by atoms with Crippen LogP contribution in [0.1, 0.15) is 44.0 Å². The topological polar surface area (TPSA) is 45.2 Å². The molecule has 0 saturated carbocycles. The minimum Gasteiger partial charge on any atom is -0.369 e. The van der Waals surface area contributed by atoms with Crippen LogP contribution in [0.25, 0.3) is 0 Å². The van der Waals surface area contributed by atoms with Gasteiger partial charge >= 0.3 is 0 Å². The molecule has 1 N–H and O–H groups in total. The van der Waals surface area contributed by atoms with Crippen LogP contribution in [0.4, 0.5) is 10.2 Å². The fourth-order valence-electron chi connectivity index (χ4n) is 1.65. The molecule has 0 aliphatic carbocycles. The highest BCUT2D eigenvalue weighted by molar-refractivity contribution is 5.98. The minimum atomic E-state index is -0.497. The maximum Gasteiger partial charge on any atom is 0.257 e. The monoisotopic (exact) mass is 267 g/mol. The van der Waals surface area contributed by atoms with Crippen molar-refractivity contribution in [1.82, 2.24) is 9.88 Å². The summed E-state index contributed by atoms with van der Waals surface area (Å²) >= 11 is 0. The highest BCUT2D eigenvalue weighted by atomic mass is 19.1. The van der Waals surface area contributed by atoms with Gasteiger partial charge in [-0.2, -0.15) is 0 Å². The number of pyridine rings is 1. The summed E-state index contributed by atoms with van der Waals surface area (Å²) in [5.74, 6) is -0.258. The SMILES string of the molecule is CCCNc1ncc(F)cc1C(=O)N(C)C(C)CC. The molecule has 106 valence electrons. The molecule has 1 heterocycles. The van der Waals surface area contributed by atoms with Crippen LogP contribution in [-0.2, 0) is 0 Å². The van der Waals surface area contributed by atoms with E-state index in [1.165, 1.54) is 6.07 Å². The molecule has 1 amide bonds. The van der Waals surface area contributed by atoms with Gasteiger partial charge in [-0.3, -0.25) is 4.79 Å². The summed E-state index contributed by atoms with van der Waals surface area (Å²) in [7, 11) is 1.73. The van der Waals surface area contributed by atoms with Gasteiger partial charge in [0, 0.05) is 19.6 Å². The van der Waals surface area contributed by atoms with E-state index in [0.29, 0.717) is 12.4 Å². The van der Waals surface area contributed by atoms with Crippen LogP contribution in [0, 0.1) is 5.82 Å². The number of carbonyl (C=O) groups excluding carboxylic acids is 1. The second kappa shape index (κ2) is 7.07. The molecular formula is C14H22FN3O. The van der Waals surface area contributed by atoms with Crippen molar-refractivity contribution < 1.29 is 9.18 Å². The first-order valence-corrected chi connectivity index (χ1v) is 6.67. The smallest absolute Gasteiger partial charge is 0.257 e. The molecule has 1 unspecified atom stereocenters. The summed E-state index contributed by atoms with van der Waals surface area (Å²) in [5.41, 5.74) is 0.288. The van der Waals surface area contributed by atoms with E-state index in [-0.39, 0.29) is 17.5 Å². The molecule has 0 radical (unpaired) electrons. The van der Waals surface area contributed by atoms with Gasteiger partial charge in [0.05, 0.1) is 11.8 Å². The third-order valence-corrected chi connectivity index (χ3v) is 3.20. The lowest BCUT2D eigenvalue weighted by Crippen LogP contribution is -2.35. The van der Waals surface area contributed by atoms with Gasteiger partial charge in [-0.15, -0.1) is 0 Å². The molecule has 0 aromatic carbocycles. The number of anilines is 1. The van der Waals surface area contributed by atoms with Crippen molar-refractivity contribution in [1.29, 1.82) is 0 Å². The highest BCUT2D eigenvalue weighted by Gasteiger charge is 2.20. The quantitative estimate of drug-likeness (QED) is 0.862. The van der Waals surface area contributed by atoms with E-state index < -0.39 is 5.82 Å². The number of nitrogens with zero attached hydrogens (tertiary/aromatic N) is 2. The van der Waals surface area contributed by atoms with E-state index in [9.17, 15) is 9.18 Å². The van der Waals surface area contributed by atoms with Crippen LogP contribution >= 0.6 is 0 Å². The van der Waals surface area contributed by atoms with Gasteiger partial charge in [-0.05, 0) is 25.8 Å². The Hall–Kier alpha value is -1.65. The molecule has 0 saturated heterocycles. The van der Waals surface area contributed by atoms with E-state index >= 15 is 0 Å². The highest BCUT2D eigenvalue weighted by Crippen LogP contribution is 2.17. The second-order valence-electron chi connectivity index (χ2n) is 4.65. The Morgan fingerprint density at radius 1 is 1.53 bits per heavy atom. The largest absolute Gasteiger partial charge is 0.369 e. The Morgan fingerprint density at radius 2 is 2.21 bits per heavy atom. The molecule has 1 rings (SSSR count). The predicted octanol–water partition coefficient (Wildman–Crippen LogP) is 2.91. The Balaban J connectivity index is 3.02. The summed E-state index contributed by atoms with van der Waals surface area (Å²) in [5, 5.41) is 3.06. The molecule has 0 aliphatic rings. The molecular weight excluding hydrogens is 245 g/mol. The summed E-state index contributed by atoms with van der Waals surface area (Å²) < 4.78 is 13.3. The van der Waals surface area contributed by atoms with E-state index in [4.69, 9.17) is 0 Å². The van der Waals surface area contributed by atoms with E-state index in [1.54, 1.807) is 11.9 Å². The second-order valence-corrected chi connectivity index (χ2v) is 4.65. The van der Waals surface area contributed by atoms with Gasteiger partial charge in [-0.1, -0.05) is 13.8 Å². The normalized spacial score (nSPS) is 12.1. The number of halogens is 1. The van der Waals surface area contributed by atoms with Crippen LogP contribution in [0.2, 0.25) is 0 Å². The third-order valence-electron chi connectivity index (χ3n) is 3.20. The summed E-state index contributed by atoms with van der Waals surface area (Å²) in [6.07, 6.45) is 2.88. The predicted molar refractivity (Wildman–Crippen MR) is 74.8 cm³/mol. The van der Waals surface area contributed by atoms with Crippen molar-refractivity contribution in [2.75, 3.05) is 18.9 Å². The van der Waals surface area contributed by atoms with Crippen LogP contribution in [0.3, 0.4) is 0 Å². The Kier molecular flexibility index (Phi) is 5.73. The number of hydrogen-bond acceptors (Lipinski definition) is 3. The standard InChI is InChI=1S/C14H22FN3O/c1-5-7-16-13-12(8-11(15)9-17-13)14(19)18(4)10(3)6-2/h8-10H,5-7H2,1-4H3,(H,16,17). The average Bonchev–Trinajstić information content (AvgIpc) is 2.43. The summed E-state index contributed by atoms with van der Waals surface area (Å²) in [4.78, 5) is 17.9. The zero-order chi connectivity index (χ0) is 14.4. The molecule has 0 bridgehead atoms. The number of nitrogens with one attached hydrogen (secondary N) is 1. The number of aromatic nitrogens is 1. The van der Waals surface area contributed by atoms with Crippen molar-refractivity contribution in [3.63, 3.8) is 0 Å². The summed E-state index contributed by atoms with van der Waals surface area (Å²) in [6, 6.07) is 1.35. The maximum absolute atomic E-state index is 13.3. The lowest BCUT2D eigenvalue weighted by atomic mass is 10.1. The first-order chi connectivity index (χ1) is 9.01. The van der Waals surface area contributed by atoms with Gasteiger partial charge < -0.3 is 10.2 Å². The van der Waals surface area contributed by atoms with Gasteiger partial charge in [-0.25, -0.2) is 9.37 Å². The maximum atomic E-state index is 13.3. The molecule has 0 aliphatic heterocycles. The number of carbonyl (C=O) groups is 1. The van der Waals surface area contributed by atoms with Crippen LogP contribution < -0.4 is 5.32 Å². The minimum absolute atomic E-state index is 0.106. The molecule has 0 spiro atoms. The fourth-order valence-corrected chi connectivity index (χ4v) is 1.65. The Bertz CT molecular complexity index is 437. The van der Waals surface area contributed by atoms with E-state index in [0.717, 1.165) is 19.0 Å². The first-order valence-electron chi connectivity index (χ1n) is 6.67. The van der Waals surface area contributed by atoms with Gasteiger partial charge in [0.15, 0.2) is 0 Å². The zero-order valence-electron chi connectivity index (χ0n) is 12.0. The van der Waals surface area contributed by atoms with Crippen molar-refractivity contribution in [2.45, 2.75) is 39.7 Å². The van der Waals surface area contributed by atoms with Gasteiger partial charge in [0.25, 0.3) is 5.91 Å². The lowest BCUT2D eigenvalue weighted by molar-refractivity contribution is 0.0740. The van der Waals surface area contributed by atoms with Crippen LogP contribution in [-0.4, -0.2) is 35.4 Å². The molecule has 4 nitrogen and oxygen atoms in total. The molecule has 0 fully saturated rings. The zero-order valence-corrected chi connectivity index (χ0v) is 12.0. The first kappa shape index (κ1) is 15.4. The van der Waals surface area contributed by atoms with Crippen LogP contribution in [0.5, 0.6) is 0 Å². The van der Waals surface area contributed by atoms with E-state index in [1.807, 2.05) is 20.8 Å². The number of hydrogen-bond donors (Lipinski definition) is 1. The van der Waals surface area contributed by atoms with Gasteiger partial charge in [0.2, 0.25) is 0 Å². The molecule has 5 heteroatoms. The van der Waals surface area contributed by atoms with Crippen molar-refractivity contribution in [2.24, 2.45) is 0 Å². The van der Waals surface area contributed by atoms with Gasteiger partial charge in [0.1, 0.15) is 11.6 Å². The van der Waals surface area contributed by atoms with Crippen molar-refractivity contribution >= 4 is 11.7 Å². The molecule has 1 aromatic rings. The average molecular weight is 267 g/mol. The van der Waals surface area contributed by atoms with Crippen LogP contribution in [0.15, 0.2) is 12.3 Å². The lowest BCUT2D eigenvalue weighted by Gasteiger charge is -2.24. The Morgan fingerprint density at radius 3 is 2.79 bits per heavy atom. The molecule has 1 atom stereocenters. The Labute approximate surface area is 114 Å². The van der Waals surface area contributed by atoms with Crippen molar-refractivity contribution in [3.05, 3.63) is 23.6 Å². The third kappa shape index (κ3) is 3.91. The molecule has 1 aromatic heterocycles. The number of rotatable bonds is 6.